The number of benzene rings is 1. The lowest BCUT2D eigenvalue weighted by Crippen LogP contribution is -2.53. The van der Waals surface area contributed by atoms with Crippen molar-refractivity contribution in [2.75, 3.05) is 13.6 Å². The molecule has 0 unspecified atom stereocenters. The highest BCUT2D eigenvalue weighted by Gasteiger charge is 2.30. The van der Waals surface area contributed by atoms with Gasteiger partial charge in [-0.1, -0.05) is 43.2 Å². The molecule has 1 aromatic carbocycles. The largest absolute Gasteiger partial charge is 0.480 e. The second kappa shape index (κ2) is 8.53. The Kier molecular flexibility index (Phi) is 6.40. The van der Waals surface area contributed by atoms with E-state index in [0.29, 0.717) is 0 Å². The molecule has 0 saturated heterocycles. The van der Waals surface area contributed by atoms with Crippen molar-refractivity contribution in [3.05, 3.63) is 35.9 Å². The first-order chi connectivity index (χ1) is 11.1. The Balaban J connectivity index is 1.85. The molecular formula is C17H24N2O4. The summed E-state index contributed by atoms with van der Waals surface area (Å²) in [5, 5.41) is 11.8. The fourth-order valence-electron chi connectivity index (χ4n) is 3.05. The van der Waals surface area contributed by atoms with E-state index < -0.39 is 12.1 Å². The van der Waals surface area contributed by atoms with Crippen LogP contribution < -0.4 is 5.32 Å². The van der Waals surface area contributed by atoms with Gasteiger partial charge in [-0.3, -0.25) is 9.69 Å². The van der Waals surface area contributed by atoms with Crippen molar-refractivity contribution in [1.29, 1.82) is 0 Å². The van der Waals surface area contributed by atoms with Gasteiger partial charge in [0.1, 0.15) is 6.61 Å². The van der Waals surface area contributed by atoms with Crippen molar-refractivity contribution in [3.8, 4) is 0 Å². The number of likely N-dealkylation sites (N-methyl/N-ethyl adjacent to an activating group) is 1. The number of nitrogens with one attached hydrogen (secondary N) is 1. The number of hydrogen-bond acceptors (Lipinski definition) is 4. The van der Waals surface area contributed by atoms with Crippen molar-refractivity contribution in [2.45, 2.75) is 44.4 Å². The average Bonchev–Trinajstić information content (AvgIpc) is 2.54. The van der Waals surface area contributed by atoms with Gasteiger partial charge in [0.25, 0.3) is 0 Å². The van der Waals surface area contributed by atoms with Crippen LogP contribution in [0.1, 0.15) is 31.2 Å². The van der Waals surface area contributed by atoms with Gasteiger partial charge in [0.2, 0.25) is 0 Å². The van der Waals surface area contributed by atoms with E-state index in [9.17, 15) is 9.59 Å². The van der Waals surface area contributed by atoms with Gasteiger partial charge in [-0.2, -0.15) is 0 Å². The molecule has 23 heavy (non-hydrogen) atoms. The second-order valence-electron chi connectivity index (χ2n) is 5.97. The van der Waals surface area contributed by atoms with Crippen molar-refractivity contribution in [1.82, 2.24) is 10.2 Å². The zero-order valence-electron chi connectivity index (χ0n) is 13.4. The summed E-state index contributed by atoms with van der Waals surface area (Å²) in [5.41, 5.74) is 0.936. The first-order valence-corrected chi connectivity index (χ1v) is 7.95. The highest BCUT2D eigenvalue weighted by molar-refractivity contribution is 5.69. The van der Waals surface area contributed by atoms with Crippen LogP contribution in [0, 0.1) is 0 Å². The quantitative estimate of drug-likeness (QED) is 0.840. The molecule has 6 heteroatoms. The summed E-state index contributed by atoms with van der Waals surface area (Å²) in [7, 11) is 1.79. The number of carbonyl (C=O) groups is 2. The highest BCUT2D eigenvalue weighted by Crippen LogP contribution is 2.22. The van der Waals surface area contributed by atoms with Crippen LogP contribution in [-0.2, 0) is 16.1 Å². The molecule has 0 radical (unpaired) electrons. The minimum absolute atomic E-state index is 0.0259. The van der Waals surface area contributed by atoms with Crippen LogP contribution in [0.15, 0.2) is 30.3 Å². The van der Waals surface area contributed by atoms with Crippen LogP contribution >= 0.6 is 0 Å². The van der Waals surface area contributed by atoms with Gasteiger partial charge < -0.3 is 15.2 Å². The molecule has 1 aliphatic rings. The Morgan fingerprint density at radius 2 is 1.96 bits per heavy atom. The predicted octanol–water partition coefficient (Wildman–Crippen LogP) is 2.24. The van der Waals surface area contributed by atoms with Crippen LogP contribution in [0.25, 0.3) is 0 Å². The van der Waals surface area contributed by atoms with E-state index in [2.05, 4.69) is 5.32 Å². The zero-order chi connectivity index (χ0) is 16.7. The third-order valence-corrected chi connectivity index (χ3v) is 4.20. The molecule has 0 heterocycles. The van der Waals surface area contributed by atoms with E-state index >= 15 is 0 Å². The number of alkyl carbamates (subject to hydrolysis) is 1. The van der Waals surface area contributed by atoms with E-state index in [1.807, 2.05) is 30.3 Å². The van der Waals surface area contributed by atoms with Crippen molar-refractivity contribution >= 4 is 12.1 Å². The molecule has 126 valence electrons. The number of ether oxygens (including phenoxy) is 1. The molecule has 1 amide bonds. The molecule has 2 rings (SSSR count). The second-order valence-corrected chi connectivity index (χ2v) is 5.97. The summed E-state index contributed by atoms with van der Waals surface area (Å²) >= 11 is 0. The van der Waals surface area contributed by atoms with Crippen LogP contribution in [0.5, 0.6) is 0 Å². The number of carboxylic acids is 1. The van der Waals surface area contributed by atoms with Gasteiger partial charge in [-0.25, -0.2) is 4.79 Å². The van der Waals surface area contributed by atoms with E-state index in [1.165, 1.54) is 0 Å². The van der Waals surface area contributed by atoms with Gasteiger partial charge in [0.05, 0.1) is 6.54 Å². The first-order valence-electron chi connectivity index (χ1n) is 7.95. The third-order valence-electron chi connectivity index (χ3n) is 4.20. The summed E-state index contributed by atoms with van der Waals surface area (Å²) in [4.78, 5) is 24.7. The summed E-state index contributed by atoms with van der Waals surface area (Å²) in [6, 6.07) is 9.47. The molecule has 0 spiro atoms. The Morgan fingerprint density at radius 1 is 1.26 bits per heavy atom. The molecule has 0 aromatic heterocycles. The average molecular weight is 320 g/mol. The number of rotatable bonds is 6. The molecule has 6 nitrogen and oxygen atoms in total. The van der Waals surface area contributed by atoms with Gasteiger partial charge >= 0.3 is 12.1 Å². The van der Waals surface area contributed by atoms with Crippen LogP contribution in [0.3, 0.4) is 0 Å². The highest BCUT2D eigenvalue weighted by atomic mass is 16.5. The van der Waals surface area contributed by atoms with Gasteiger partial charge in [-0.15, -0.1) is 0 Å². The summed E-state index contributed by atoms with van der Waals surface area (Å²) in [6.07, 6.45) is 3.35. The van der Waals surface area contributed by atoms with Crippen molar-refractivity contribution in [2.24, 2.45) is 0 Å². The number of carbonyl (C=O) groups excluding carboxylic acids is 1. The maximum absolute atomic E-state index is 12.0. The van der Waals surface area contributed by atoms with Gasteiger partial charge in [0.15, 0.2) is 0 Å². The lowest BCUT2D eigenvalue weighted by molar-refractivity contribution is -0.138. The number of nitrogens with zero attached hydrogens (tertiary/aromatic N) is 1. The van der Waals surface area contributed by atoms with E-state index in [0.717, 1.165) is 31.2 Å². The van der Waals surface area contributed by atoms with Crippen molar-refractivity contribution < 1.29 is 19.4 Å². The molecule has 0 bridgehead atoms. The monoisotopic (exact) mass is 320 g/mol. The molecule has 0 aliphatic heterocycles. The fourth-order valence-corrected chi connectivity index (χ4v) is 3.05. The number of hydrogen-bond donors (Lipinski definition) is 2. The predicted molar refractivity (Wildman–Crippen MR) is 86.1 cm³/mol. The molecular weight excluding hydrogens is 296 g/mol. The van der Waals surface area contributed by atoms with E-state index in [1.54, 1.807) is 11.9 Å². The Hall–Kier alpha value is -2.08. The van der Waals surface area contributed by atoms with Crippen LogP contribution in [-0.4, -0.2) is 47.7 Å². The van der Waals surface area contributed by atoms with Crippen LogP contribution in [0.2, 0.25) is 0 Å². The number of amides is 1. The molecule has 2 atom stereocenters. The number of aliphatic carboxylic acids is 1. The molecule has 1 fully saturated rings. The first kappa shape index (κ1) is 17.3. The topological polar surface area (TPSA) is 78.9 Å². The van der Waals surface area contributed by atoms with Gasteiger partial charge in [0, 0.05) is 12.1 Å². The third kappa shape index (κ3) is 5.56. The lowest BCUT2D eigenvalue weighted by atomic mass is 9.89. The zero-order valence-corrected chi connectivity index (χ0v) is 13.4. The summed E-state index contributed by atoms with van der Waals surface area (Å²) in [5.74, 6) is -0.858. The lowest BCUT2D eigenvalue weighted by Gasteiger charge is -2.37. The number of carboxylic acid groups (broad SMARTS) is 1. The standard InChI is InChI=1S/C17H24N2O4/c1-19(11-16(20)21)15-10-6-5-9-14(15)18-17(22)23-12-13-7-3-2-4-8-13/h2-4,7-8,14-15H,5-6,9-12H2,1H3,(H,18,22)(H,20,21)/t14-,15+/m1/s1. The summed E-state index contributed by atoms with van der Waals surface area (Å²) in [6.45, 7) is 0.205. The smallest absolute Gasteiger partial charge is 0.407 e. The summed E-state index contributed by atoms with van der Waals surface area (Å²) < 4.78 is 5.26. The Labute approximate surface area is 136 Å². The molecule has 2 N–H and O–H groups in total. The molecule has 1 saturated carbocycles. The van der Waals surface area contributed by atoms with Crippen LogP contribution in [0.4, 0.5) is 4.79 Å². The van der Waals surface area contributed by atoms with E-state index in [4.69, 9.17) is 9.84 Å². The maximum Gasteiger partial charge on any atom is 0.407 e. The normalized spacial score (nSPS) is 21.0. The van der Waals surface area contributed by atoms with E-state index in [-0.39, 0.29) is 25.2 Å². The Morgan fingerprint density at radius 3 is 2.65 bits per heavy atom. The SMILES string of the molecule is CN(CC(=O)O)[C@H]1CCCC[C@H]1NC(=O)OCc1ccccc1. The van der Waals surface area contributed by atoms with Crippen molar-refractivity contribution in [3.63, 3.8) is 0 Å². The van der Waals surface area contributed by atoms with Gasteiger partial charge in [-0.05, 0) is 25.5 Å². The minimum Gasteiger partial charge on any atom is -0.480 e. The Bertz CT molecular complexity index is 521. The molecule has 1 aromatic rings. The maximum atomic E-state index is 12.0. The fraction of sp³-hybridized carbons (Fsp3) is 0.529. The molecule has 1 aliphatic carbocycles. The minimum atomic E-state index is -0.858.